The lowest BCUT2D eigenvalue weighted by atomic mass is 11.2. The van der Waals surface area contributed by atoms with Crippen molar-refractivity contribution in [3.05, 3.63) is 12.8 Å². The van der Waals surface area contributed by atoms with E-state index in [1.54, 1.807) is 0 Å². The first-order valence-electron chi connectivity index (χ1n) is 1.72. The quantitative estimate of drug-likeness (QED) is 0.422. The number of aliphatic hydroxyl groups excluding tert-OH is 1. The molecule has 4 nitrogen and oxygen atoms in total. The van der Waals surface area contributed by atoms with Crippen LogP contribution in [0.5, 0.6) is 0 Å². The first-order valence-corrected chi connectivity index (χ1v) is 2.99. The second-order valence-corrected chi connectivity index (χ2v) is 1.32. The molecule has 0 aromatic heterocycles. The van der Waals surface area contributed by atoms with Crippen molar-refractivity contribution in [2.75, 3.05) is 7.11 Å². The van der Waals surface area contributed by atoms with Gasteiger partial charge in [-0.3, -0.25) is 0 Å². The molecule has 0 spiro atoms. The van der Waals surface area contributed by atoms with Crippen LogP contribution in [0.1, 0.15) is 0 Å². The Morgan fingerprint density at radius 1 is 1.75 bits per heavy atom. The summed E-state index contributed by atoms with van der Waals surface area (Å²) < 4.78 is 13.4. The Labute approximate surface area is 48.4 Å². The van der Waals surface area contributed by atoms with Crippen LogP contribution in [-0.2, 0) is 9.09 Å². The van der Waals surface area contributed by atoms with Crippen LogP contribution in [0.3, 0.4) is 0 Å². The molecular formula is C3H9O4P. The van der Waals surface area contributed by atoms with Crippen LogP contribution in [-0.4, -0.2) is 17.1 Å². The van der Waals surface area contributed by atoms with E-state index in [1.165, 1.54) is 0 Å². The first-order chi connectivity index (χ1) is 3.77. The molecule has 0 rings (SSSR count). The van der Waals surface area contributed by atoms with Crippen molar-refractivity contribution in [3.8, 4) is 0 Å². The fraction of sp³-hybridized carbons (Fsp3) is 0.333. The largest absolute Gasteiger partial charge is 0.435 e. The highest BCUT2D eigenvalue weighted by Crippen LogP contribution is 2.12. The summed E-state index contributed by atoms with van der Waals surface area (Å²) in [6.07, 6.45) is 0.932. The van der Waals surface area contributed by atoms with Gasteiger partial charge in [-0.25, -0.2) is 4.57 Å². The van der Waals surface area contributed by atoms with Gasteiger partial charge in [0.2, 0.25) is 0 Å². The first kappa shape index (κ1) is 10.6. The summed E-state index contributed by atoms with van der Waals surface area (Å²) in [5.41, 5.74) is 0. The van der Waals surface area contributed by atoms with Crippen molar-refractivity contribution < 1.29 is 19.1 Å². The predicted molar refractivity (Wildman–Crippen MR) is 30.6 cm³/mol. The molecule has 0 amide bonds. The molecule has 0 heterocycles. The van der Waals surface area contributed by atoms with Gasteiger partial charge in [-0.1, -0.05) is 6.58 Å². The maximum Gasteiger partial charge on any atom is 0.364 e. The Morgan fingerprint density at radius 2 is 2.12 bits per heavy atom. The van der Waals surface area contributed by atoms with Gasteiger partial charge >= 0.3 is 8.25 Å². The monoisotopic (exact) mass is 140 g/mol. The molecule has 1 atom stereocenters. The lowest BCUT2D eigenvalue weighted by molar-refractivity contribution is 0.379. The van der Waals surface area contributed by atoms with E-state index in [2.05, 4.69) is 11.1 Å². The topological polar surface area (TPSA) is 66.8 Å². The second-order valence-electron chi connectivity index (χ2n) is 0.550. The van der Waals surface area contributed by atoms with Gasteiger partial charge in [0.05, 0.1) is 6.26 Å². The van der Waals surface area contributed by atoms with Crippen molar-refractivity contribution >= 4 is 8.25 Å². The third-order valence-corrected chi connectivity index (χ3v) is 0.552. The van der Waals surface area contributed by atoms with Crippen LogP contribution in [0.25, 0.3) is 0 Å². The van der Waals surface area contributed by atoms with Crippen molar-refractivity contribution in [1.82, 2.24) is 0 Å². The number of hydrogen-bond donors (Lipinski definition) is 2. The van der Waals surface area contributed by atoms with Crippen LogP contribution in [0, 0.1) is 0 Å². The molecule has 0 saturated heterocycles. The van der Waals surface area contributed by atoms with Gasteiger partial charge in [-0.15, -0.1) is 0 Å². The van der Waals surface area contributed by atoms with Crippen molar-refractivity contribution in [2.45, 2.75) is 0 Å². The minimum Gasteiger partial charge on any atom is -0.435 e. The second kappa shape index (κ2) is 9.85. The van der Waals surface area contributed by atoms with Gasteiger partial charge < -0.3 is 14.5 Å². The van der Waals surface area contributed by atoms with E-state index >= 15 is 0 Å². The third-order valence-electron chi connectivity index (χ3n) is 0.184. The Hall–Kier alpha value is -0.310. The molecule has 0 aliphatic carbocycles. The van der Waals surface area contributed by atoms with E-state index in [0.717, 1.165) is 13.4 Å². The third kappa shape index (κ3) is 17.3. The van der Waals surface area contributed by atoms with E-state index in [4.69, 9.17) is 10.00 Å². The molecule has 0 saturated carbocycles. The highest BCUT2D eigenvalue weighted by Gasteiger charge is 1.77. The van der Waals surface area contributed by atoms with Crippen molar-refractivity contribution in [2.24, 2.45) is 0 Å². The number of rotatable bonds is 2. The van der Waals surface area contributed by atoms with E-state index in [0.29, 0.717) is 0 Å². The van der Waals surface area contributed by atoms with Crippen molar-refractivity contribution in [3.63, 3.8) is 0 Å². The maximum atomic E-state index is 9.49. The zero-order valence-electron chi connectivity index (χ0n) is 4.50. The summed E-state index contributed by atoms with van der Waals surface area (Å²) in [4.78, 5) is 7.81. The fourth-order valence-corrected chi connectivity index (χ4v) is 0.214. The molecule has 0 bridgehead atoms. The highest BCUT2D eigenvalue weighted by atomic mass is 31.1. The summed E-state index contributed by atoms with van der Waals surface area (Å²) >= 11 is 0. The van der Waals surface area contributed by atoms with Gasteiger partial charge in [-0.05, 0) is 0 Å². The number of hydrogen-bond acceptors (Lipinski definition) is 3. The summed E-state index contributed by atoms with van der Waals surface area (Å²) in [5, 5.41) is 7.00. The Morgan fingerprint density at radius 3 is 2.12 bits per heavy atom. The summed E-state index contributed by atoms with van der Waals surface area (Å²) in [6, 6.07) is 0. The Bertz CT molecular complexity index is 71.7. The molecule has 0 aliphatic heterocycles. The summed E-state index contributed by atoms with van der Waals surface area (Å²) in [7, 11) is -1.75. The van der Waals surface area contributed by atoms with E-state index < -0.39 is 8.25 Å². The number of aliphatic hydroxyl groups is 1. The standard InChI is InChI=1S/C2H5O3P.CH4O/c1-2-5-6(3)4;1-2/h2,6H,1H2,(H,3,4);2H,1H3. The average Bonchev–Trinajstić information content (AvgIpc) is 1.72. The molecule has 2 N–H and O–H groups in total. The zero-order chi connectivity index (χ0) is 6.99. The Balaban J connectivity index is 0. The van der Waals surface area contributed by atoms with Crippen LogP contribution in [0.4, 0.5) is 0 Å². The molecule has 0 aromatic rings. The van der Waals surface area contributed by atoms with Gasteiger partial charge in [0.1, 0.15) is 0 Å². The molecule has 0 radical (unpaired) electrons. The average molecular weight is 140 g/mol. The highest BCUT2D eigenvalue weighted by molar-refractivity contribution is 7.32. The van der Waals surface area contributed by atoms with Gasteiger partial charge in [0.15, 0.2) is 0 Å². The summed E-state index contributed by atoms with van der Waals surface area (Å²) in [5.74, 6) is 0. The smallest absolute Gasteiger partial charge is 0.364 e. The Kier molecular flexibility index (Phi) is 13.1. The normalized spacial score (nSPS) is 10.4. The van der Waals surface area contributed by atoms with Crippen LogP contribution >= 0.6 is 8.25 Å². The molecule has 0 aliphatic rings. The van der Waals surface area contributed by atoms with Crippen molar-refractivity contribution in [1.29, 1.82) is 0 Å². The van der Waals surface area contributed by atoms with Crippen LogP contribution in [0.15, 0.2) is 12.8 Å². The van der Waals surface area contributed by atoms with E-state index in [9.17, 15) is 4.57 Å². The fourth-order valence-electron chi connectivity index (χ4n) is 0.0713. The molecule has 50 valence electrons. The molecule has 1 unspecified atom stereocenters. The molecule has 0 fully saturated rings. The van der Waals surface area contributed by atoms with Gasteiger partial charge in [0, 0.05) is 7.11 Å². The molecular weight excluding hydrogens is 131 g/mol. The molecule has 0 aromatic carbocycles. The van der Waals surface area contributed by atoms with Crippen LogP contribution < -0.4 is 0 Å². The predicted octanol–water partition coefficient (Wildman–Crippen LogP) is 0.137. The SMILES string of the molecule is C=CO[PH](=O)O.CO. The lowest BCUT2D eigenvalue weighted by Gasteiger charge is -1.84. The molecule has 8 heavy (non-hydrogen) atoms. The summed E-state index contributed by atoms with van der Waals surface area (Å²) in [6.45, 7) is 3.04. The molecule has 5 heteroatoms. The maximum absolute atomic E-state index is 9.49. The lowest BCUT2D eigenvalue weighted by Crippen LogP contribution is -1.55. The van der Waals surface area contributed by atoms with Gasteiger partial charge in [-0.2, -0.15) is 0 Å². The van der Waals surface area contributed by atoms with Gasteiger partial charge in [0.25, 0.3) is 0 Å². The van der Waals surface area contributed by atoms with E-state index in [1.807, 2.05) is 0 Å². The minimum absolute atomic E-state index is 0.932. The van der Waals surface area contributed by atoms with E-state index in [-0.39, 0.29) is 0 Å². The minimum atomic E-state index is -2.75. The van der Waals surface area contributed by atoms with Crippen LogP contribution in [0.2, 0.25) is 0 Å². The zero-order valence-corrected chi connectivity index (χ0v) is 5.50.